The van der Waals surface area contributed by atoms with Gasteiger partial charge in [0.2, 0.25) is 17.7 Å². The van der Waals surface area contributed by atoms with Crippen LogP contribution in [0, 0.1) is 5.92 Å². The van der Waals surface area contributed by atoms with Gasteiger partial charge in [0.15, 0.2) is 5.96 Å². The molecule has 0 aliphatic heterocycles. The summed E-state index contributed by atoms with van der Waals surface area (Å²) in [5, 5.41) is 25.8. The number of nitrogens with two attached hydrogens (primary N) is 3. The first-order chi connectivity index (χ1) is 17.3. The van der Waals surface area contributed by atoms with Crippen molar-refractivity contribution in [2.45, 2.75) is 76.5 Å². The molecule has 0 aromatic carbocycles. The van der Waals surface area contributed by atoms with Crippen LogP contribution < -0.4 is 33.2 Å². The van der Waals surface area contributed by atoms with Crippen LogP contribution in [0.4, 0.5) is 0 Å². The van der Waals surface area contributed by atoms with E-state index in [9.17, 15) is 29.1 Å². The second-order valence-electron chi connectivity index (χ2n) is 8.92. The molecule has 0 rings (SSSR count). The minimum Gasteiger partial charge on any atom is -0.481 e. The number of hydrogen-bond donors (Lipinski definition) is 8. The number of hydrogen-bond acceptors (Lipinski definition) is 8. The summed E-state index contributed by atoms with van der Waals surface area (Å²) in [6, 6.07) is -4.45. The number of carbonyl (C=O) groups is 5. The maximum absolute atomic E-state index is 13.1. The van der Waals surface area contributed by atoms with Gasteiger partial charge in [-0.2, -0.15) is 11.8 Å². The predicted molar refractivity (Wildman–Crippen MR) is 141 cm³/mol. The van der Waals surface area contributed by atoms with Gasteiger partial charge in [-0.1, -0.05) is 13.8 Å². The quantitative estimate of drug-likeness (QED) is 0.0528. The van der Waals surface area contributed by atoms with Gasteiger partial charge in [0.25, 0.3) is 0 Å². The van der Waals surface area contributed by atoms with Gasteiger partial charge in [-0.15, -0.1) is 0 Å². The van der Waals surface area contributed by atoms with Crippen LogP contribution in [0.5, 0.6) is 0 Å². The molecule has 0 aliphatic carbocycles. The first kappa shape index (κ1) is 33.9. The lowest BCUT2D eigenvalue weighted by molar-refractivity contribution is -0.142. The highest BCUT2D eigenvalue weighted by Crippen LogP contribution is 2.09. The molecular formula is C22H41N7O7S. The molecule has 3 amide bonds. The average Bonchev–Trinajstić information content (AvgIpc) is 2.80. The van der Waals surface area contributed by atoms with Crippen molar-refractivity contribution in [2.24, 2.45) is 28.1 Å². The molecule has 0 aliphatic rings. The third-order valence-electron chi connectivity index (χ3n) is 5.15. The molecule has 0 radical (unpaired) electrons. The minimum atomic E-state index is -1.20. The molecular weight excluding hydrogens is 506 g/mol. The molecule has 0 bridgehead atoms. The second-order valence-corrected chi connectivity index (χ2v) is 9.91. The number of guanidine groups is 1. The number of aliphatic carboxylic acids is 2. The number of rotatable bonds is 19. The smallest absolute Gasteiger partial charge is 0.326 e. The van der Waals surface area contributed by atoms with E-state index in [0.717, 1.165) is 0 Å². The number of carboxylic acid groups (broad SMARTS) is 2. The standard InChI is InChI=1S/C22H41N7O7S/c1-12(2)11-16(29-18(32)13(23)6-7-17(30)31)20(34)27-14(5-4-9-26-22(24)25)19(33)28-15(21(35)36)8-10-37-3/h12-16H,4-11,23H2,1-3H3,(H,27,34)(H,28,33)(H,29,32)(H,30,31)(H,35,36)(H4,24,25,26). The Kier molecular flexibility index (Phi) is 16.7. The van der Waals surface area contributed by atoms with E-state index < -0.39 is 53.8 Å². The lowest BCUT2D eigenvalue weighted by Gasteiger charge is -2.26. The monoisotopic (exact) mass is 547 g/mol. The van der Waals surface area contributed by atoms with Crippen LogP contribution in [-0.4, -0.2) is 88.6 Å². The summed E-state index contributed by atoms with van der Waals surface area (Å²) in [6.07, 6.45) is 2.21. The van der Waals surface area contributed by atoms with Crippen LogP contribution in [0.25, 0.3) is 0 Å². The molecule has 0 fully saturated rings. The minimum absolute atomic E-state index is 0.0247. The van der Waals surface area contributed by atoms with Gasteiger partial charge in [0.05, 0.1) is 6.04 Å². The molecule has 14 nitrogen and oxygen atoms in total. The molecule has 37 heavy (non-hydrogen) atoms. The van der Waals surface area contributed by atoms with E-state index in [1.807, 2.05) is 20.1 Å². The molecule has 0 saturated carbocycles. The first-order valence-electron chi connectivity index (χ1n) is 11.9. The summed E-state index contributed by atoms with van der Waals surface area (Å²) in [6.45, 7) is 3.85. The van der Waals surface area contributed by atoms with E-state index in [-0.39, 0.29) is 50.5 Å². The Hall–Kier alpha value is -3.07. The summed E-state index contributed by atoms with van der Waals surface area (Å²) in [7, 11) is 0. The van der Waals surface area contributed by atoms with Crippen molar-refractivity contribution in [3.05, 3.63) is 0 Å². The molecule has 15 heteroatoms. The topological polar surface area (TPSA) is 252 Å². The fourth-order valence-corrected chi connectivity index (χ4v) is 3.67. The van der Waals surface area contributed by atoms with E-state index in [1.165, 1.54) is 11.8 Å². The molecule has 0 heterocycles. The van der Waals surface area contributed by atoms with Crippen LogP contribution >= 0.6 is 11.8 Å². The fourth-order valence-electron chi connectivity index (χ4n) is 3.20. The number of nitrogens with zero attached hydrogens (tertiary/aromatic N) is 1. The van der Waals surface area contributed by atoms with Crippen molar-refractivity contribution < 1.29 is 34.2 Å². The highest BCUT2D eigenvalue weighted by atomic mass is 32.2. The highest BCUT2D eigenvalue weighted by Gasteiger charge is 2.30. The number of carbonyl (C=O) groups excluding carboxylic acids is 3. The molecule has 0 aromatic rings. The Bertz CT molecular complexity index is 806. The van der Waals surface area contributed by atoms with E-state index in [1.54, 1.807) is 0 Å². The Balaban J connectivity index is 5.59. The Morgan fingerprint density at radius 1 is 0.865 bits per heavy atom. The number of thioether (sulfide) groups is 1. The summed E-state index contributed by atoms with van der Waals surface area (Å²) < 4.78 is 0. The fraction of sp³-hybridized carbons (Fsp3) is 0.727. The molecule has 0 aromatic heterocycles. The lowest BCUT2D eigenvalue weighted by atomic mass is 10.0. The highest BCUT2D eigenvalue weighted by molar-refractivity contribution is 7.98. The van der Waals surface area contributed by atoms with Gasteiger partial charge in [0.1, 0.15) is 18.1 Å². The molecule has 212 valence electrons. The maximum Gasteiger partial charge on any atom is 0.326 e. The Labute approximate surface area is 220 Å². The molecule has 4 unspecified atom stereocenters. The van der Waals surface area contributed by atoms with Gasteiger partial charge in [-0.25, -0.2) is 4.79 Å². The van der Waals surface area contributed by atoms with Crippen molar-refractivity contribution in [2.75, 3.05) is 18.6 Å². The summed E-state index contributed by atoms with van der Waals surface area (Å²) in [4.78, 5) is 64.7. The molecule has 0 spiro atoms. The lowest BCUT2D eigenvalue weighted by Crippen LogP contribution is -2.57. The zero-order valence-electron chi connectivity index (χ0n) is 21.6. The van der Waals surface area contributed by atoms with E-state index in [0.29, 0.717) is 12.2 Å². The third-order valence-corrected chi connectivity index (χ3v) is 5.79. The van der Waals surface area contributed by atoms with Gasteiger partial charge in [-0.3, -0.25) is 24.2 Å². The van der Waals surface area contributed by atoms with Crippen LogP contribution in [0.3, 0.4) is 0 Å². The van der Waals surface area contributed by atoms with Gasteiger partial charge in [0, 0.05) is 13.0 Å². The largest absolute Gasteiger partial charge is 0.481 e. The van der Waals surface area contributed by atoms with Gasteiger partial charge >= 0.3 is 11.9 Å². The maximum atomic E-state index is 13.1. The summed E-state index contributed by atoms with van der Waals surface area (Å²) >= 11 is 1.43. The average molecular weight is 548 g/mol. The Morgan fingerprint density at radius 2 is 1.43 bits per heavy atom. The normalized spacial score (nSPS) is 14.1. The number of aliphatic imine (C=N–C) groups is 1. The summed E-state index contributed by atoms with van der Waals surface area (Å²) in [5.74, 6) is -4.01. The zero-order chi connectivity index (χ0) is 28.5. The Morgan fingerprint density at radius 3 is 1.95 bits per heavy atom. The van der Waals surface area contributed by atoms with Gasteiger partial charge in [-0.05, 0) is 50.0 Å². The zero-order valence-corrected chi connectivity index (χ0v) is 22.4. The SMILES string of the molecule is CSCCC(NC(=O)C(CCCN=C(N)N)NC(=O)C(CC(C)C)NC(=O)C(N)CCC(=O)O)C(=O)O. The van der Waals surface area contributed by atoms with Crippen molar-refractivity contribution in [1.82, 2.24) is 16.0 Å². The van der Waals surface area contributed by atoms with Crippen molar-refractivity contribution in [1.29, 1.82) is 0 Å². The molecule has 4 atom stereocenters. The van der Waals surface area contributed by atoms with Crippen LogP contribution in [-0.2, 0) is 24.0 Å². The number of amides is 3. The van der Waals surface area contributed by atoms with Crippen LogP contribution in [0.1, 0.15) is 52.4 Å². The molecule has 0 saturated heterocycles. The molecule has 11 N–H and O–H groups in total. The van der Waals surface area contributed by atoms with Crippen LogP contribution in [0.15, 0.2) is 4.99 Å². The summed E-state index contributed by atoms with van der Waals surface area (Å²) in [5.41, 5.74) is 16.4. The second kappa shape index (κ2) is 18.2. The van der Waals surface area contributed by atoms with Crippen molar-refractivity contribution in [3.63, 3.8) is 0 Å². The van der Waals surface area contributed by atoms with E-state index >= 15 is 0 Å². The first-order valence-corrected chi connectivity index (χ1v) is 13.3. The van der Waals surface area contributed by atoms with Gasteiger partial charge < -0.3 is 43.4 Å². The third kappa shape index (κ3) is 15.6. The number of nitrogens with one attached hydrogen (secondary N) is 3. The van der Waals surface area contributed by atoms with Crippen LogP contribution in [0.2, 0.25) is 0 Å². The predicted octanol–water partition coefficient (Wildman–Crippen LogP) is -1.43. The van der Waals surface area contributed by atoms with Crippen molar-refractivity contribution >= 4 is 47.4 Å². The van der Waals surface area contributed by atoms with E-state index in [4.69, 9.17) is 22.3 Å². The van der Waals surface area contributed by atoms with E-state index in [2.05, 4.69) is 20.9 Å². The number of carboxylic acids is 2. The van der Waals surface area contributed by atoms with Crippen molar-refractivity contribution in [3.8, 4) is 0 Å².